The number of piperazine rings is 1. The van der Waals surface area contributed by atoms with Crippen LogP contribution >= 0.6 is 11.3 Å². The van der Waals surface area contributed by atoms with Crippen LogP contribution in [-0.4, -0.2) is 43.3 Å². The molecule has 0 radical (unpaired) electrons. The summed E-state index contributed by atoms with van der Waals surface area (Å²) >= 11 is 1.63. The predicted octanol–water partition coefficient (Wildman–Crippen LogP) is 3.68. The van der Waals surface area contributed by atoms with Gasteiger partial charge in [-0.15, -0.1) is 11.3 Å². The smallest absolute Gasteiger partial charge is 0.185 e. The van der Waals surface area contributed by atoms with E-state index in [9.17, 15) is 4.39 Å². The van der Waals surface area contributed by atoms with Crippen molar-refractivity contribution in [2.75, 3.05) is 43.1 Å². The Balaban J connectivity index is 1.42. The number of ether oxygens (including phenoxy) is 1. The zero-order valence-electron chi connectivity index (χ0n) is 14.4. The molecule has 0 aliphatic carbocycles. The minimum absolute atomic E-state index is 0.230. The van der Waals surface area contributed by atoms with E-state index in [1.165, 1.54) is 12.1 Å². The highest BCUT2D eigenvalue weighted by atomic mass is 32.1. The molecule has 2 aromatic heterocycles. The number of halogens is 1. The molecule has 3 heterocycles. The Morgan fingerprint density at radius 2 is 1.77 bits per heavy atom. The Labute approximate surface area is 155 Å². The third-order valence-corrected chi connectivity index (χ3v) is 5.36. The molecule has 1 fully saturated rings. The Kier molecular flexibility index (Phi) is 4.71. The number of rotatable bonds is 4. The molecule has 0 atom stereocenters. The Hall–Kier alpha value is -2.67. The molecule has 26 heavy (non-hydrogen) atoms. The molecule has 0 spiro atoms. The number of methoxy groups -OCH3 is 1. The normalized spacial score (nSPS) is 14.5. The lowest BCUT2D eigenvalue weighted by atomic mass is 10.2. The van der Waals surface area contributed by atoms with Gasteiger partial charge in [0.1, 0.15) is 17.4 Å². The molecule has 1 aliphatic heterocycles. The van der Waals surface area contributed by atoms with Crippen LogP contribution in [0.2, 0.25) is 0 Å². The summed E-state index contributed by atoms with van der Waals surface area (Å²) in [4.78, 5) is 13.7. The maximum absolute atomic E-state index is 13.1. The van der Waals surface area contributed by atoms with Crippen molar-refractivity contribution >= 4 is 22.3 Å². The van der Waals surface area contributed by atoms with Gasteiger partial charge in [0.2, 0.25) is 0 Å². The van der Waals surface area contributed by atoms with Gasteiger partial charge in [-0.25, -0.2) is 14.4 Å². The van der Waals surface area contributed by atoms with Gasteiger partial charge >= 0.3 is 0 Å². The molecule has 0 N–H and O–H groups in total. The first-order valence-corrected chi connectivity index (χ1v) is 9.32. The van der Waals surface area contributed by atoms with E-state index in [-0.39, 0.29) is 5.82 Å². The van der Waals surface area contributed by atoms with E-state index >= 15 is 0 Å². The first-order valence-electron chi connectivity index (χ1n) is 8.44. The lowest BCUT2D eigenvalue weighted by Gasteiger charge is -2.35. The number of nitrogens with zero attached hydrogens (tertiary/aromatic N) is 4. The van der Waals surface area contributed by atoms with Crippen LogP contribution in [0.4, 0.5) is 15.3 Å². The summed E-state index contributed by atoms with van der Waals surface area (Å²) in [5.74, 6) is 1.53. The van der Waals surface area contributed by atoms with Crippen molar-refractivity contribution < 1.29 is 9.13 Å². The van der Waals surface area contributed by atoms with Gasteiger partial charge in [-0.1, -0.05) is 0 Å². The average Bonchev–Trinajstić information content (AvgIpc) is 3.19. The summed E-state index contributed by atoms with van der Waals surface area (Å²) in [6.45, 7) is 3.53. The van der Waals surface area contributed by atoms with Gasteiger partial charge in [-0.2, -0.15) is 0 Å². The van der Waals surface area contributed by atoms with Crippen molar-refractivity contribution in [2.45, 2.75) is 0 Å². The molecule has 134 valence electrons. The molecular weight excluding hydrogens is 351 g/mol. The van der Waals surface area contributed by atoms with E-state index in [1.807, 2.05) is 17.5 Å². The molecule has 1 aromatic carbocycles. The van der Waals surface area contributed by atoms with E-state index in [0.717, 1.165) is 54.1 Å². The second-order valence-electron chi connectivity index (χ2n) is 6.05. The second-order valence-corrected chi connectivity index (χ2v) is 6.89. The SMILES string of the molecule is COc1ccnc(N2CCN(c3nc(-c4ccc(F)cc4)cs3)CC2)c1. The summed E-state index contributed by atoms with van der Waals surface area (Å²) in [5.41, 5.74) is 1.83. The zero-order chi connectivity index (χ0) is 17.9. The number of hydrogen-bond donors (Lipinski definition) is 0. The van der Waals surface area contributed by atoms with Crippen LogP contribution in [0.5, 0.6) is 5.75 Å². The van der Waals surface area contributed by atoms with Gasteiger partial charge in [0.25, 0.3) is 0 Å². The van der Waals surface area contributed by atoms with Crippen molar-refractivity contribution in [2.24, 2.45) is 0 Å². The van der Waals surface area contributed by atoms with E-state index < -0.39 is 0 Å². The second kappa shape index (κ2) is 7.29. The lowest BCUT2D eigenvalue weighted by molar-refractivity contribution is 0.414. The Morgan fingerprint density at radius 3 is 2.50 bits per heavy atom. The van der Waals surface area contributed by atoms with Crippen molar-refractivity contribution in [3.63, 3.8) is 0 Å². The molecule has 7 heteroatoms. The third kappa shape index (κ3) is 3.48. The predicted molar refractivity (Wildman–Crippen MR) is 103 cm³/mol. The van der Waals surface area contributed by atoms with E-state index in [4.69, 9.17) is 9.72 Å². The molecule has 1 saturated heterocycles. The van der Waals surface area contributed by atoms with Gasteiger partial charge in [0, 0.05) is 49.4 Å². The molecule has 0 saturated carbocycles. The van der Waals surface area contributed by atoms with Crippen molar-refractivity contribution in [1.29, 1.82) is 0 Å². The quantitative estimate of drug-likeness (QED) is 0.701. The van der Waals surface area contributed by atoms with Crippen molar-refractivity contribution in [3.8, 4) is 17.0 Å². The molecule has 0 unspecified atom stereocenters. The van der Waals surface area contributed by atoms with Crippen LogP contribution in [0, 0.1) is 5.82 Å². The fourth-order valence-corrected chi connectivity index (χ4v) is 3.88. The standard InChI is InChI=1S/C19H19FN4OS/c1-25-16-6-7-21-18(12-16)23-8-10-24(11-9-23)19-22-17(13-26-19)14-2-4-15(20)5-3-14/h2-7,12-13H,8-11H2,1H3. The van der Waals surface area contributed by atoms with Crippen LogP contribution in [0.25, 0.3) is 11.3 Å². The van der Waals surface area contributed by atoms with Crippen LogP contribution in [0.15, 0.2) is 48.0 Å². The fourth-order valence-electron chi connectivity index (χ4n) is 2.99. The summed E-state index contributed by atoms with van der Waals surface area (Å²) < 4.78 is 18.4. The first kappa shape index (κ1) is 16.8. The van der Waals surface area contributed by atoms with E-state index in [2.05, 4.69) is 14.8 Å². The average molecular weight is 370 g/mol. The monoisotopic (exact) mass is 370 g/mol. The molecule has 0 bridgehead atoms. The molecule has 5 nitrogen and oxygen atoms in total. The highest BCUT2D eigenvalue weighted by Crippen LogP contribution is 2.29. The number of hydrogen-bond acceptors (Lipinski definition) is 6. The van der Waals surface area contributed by atoms with Crippen molar-refractivity contribution in [1.82, 2.24) is 9.97 Å². The topological polar surface area (TPSA) is 41.5 Å². The minimum Gasteiger partial charge on any atom is -0.497 e. The number of aromatic nitrogens is 2. The number of thiazole rings is 1. The number of pyridine rings is 1. The van der Waals surface area contributed by atoms with Crippen LogP contribution in [-0.2, 0) is 0 Å². The van der Waals surface area contributed by atoms with Gasteiger partial charge < -0.3 is 14.5 Å². The van der Waals surface area contributed by atoms with Crippen LogP contribution in [0.1, 0.15) is 0 Å². The van der Waals surface area contributed by atoms with Crippen LogP contribution in [0.3, 0.4) is 0 Å². The molecule has 1 aliphatic rings. The highest BCUT2D eigenvalue weighted by molar-refractivity contribution is 7.14. The highest BCUT2D eigenvalue weighted by Gasteiger charge is 2.21. The molecular formula is C19H19FN4OS. The maximum atomic E-state index is 13.1. The molecule has 0 amide bonds. The Bertz CT molecular complexity index is 875. The zero-order valence-corrected chi connectivity index (χ0v) is 15.2. The van der Waals surface area contributed by atoms with E-state index in [1.54, 1.807) is 36.8 Å². The number of benzene rings is 1. The van der Waals surface area contributed by atoms with Gasteiger partial charge in [-0.05, 0) is 30.3 Å². The summed E-state index contributed by atoms with van der Waals surface area (Å²) in [6, 6.07) is 10.3. The fraction of sp³-hybridized carbons (Fsp3) is 0.263. The van der Waals surface area contributed by atoms with Crippen LogP contribution < -0.4 is 14.5 Å². The third-order valence-electron chi connectivity index (χ3n) is 4.46. The van der Waals surface area contributed by atoms with Gasteiger partial charge in [0.15, 0.2) is 5.13 Å². The van der Waals surface area contributed by atoms with Crippen molar-refractivity contribution in [3.05, 3.63) is 53.8 Å². The number of anilines is 2. The molecule has 3 aromatic rings. The minimum atomic E-state index is -0.230. The lowest BCUT2D eigenvalue weighted by Crippen LogP contribution is -2.46. The van der Waals surface area contributed by atoms with Gasteiger partial charge in [-0.3, -0.25) is 0 Å². The first-order chi connectivity index (χ1) is 12.7. The van der Waals surface area contributed by atoms with Gasteiger partial charge in [0.05, 0.1) is 12.8 Å². The summed E-state index contributed by atoms with van der Waals surface area (Å²) in [5, 5.41) is 3.03. The Morgan fingerprint density at radius 1 is 1.04 bits per heavy atom. The summed E-state index contributed by atoms with van der Waals surface area (Å²) in [7, 11) is 1.66. The maximum Gasteiger partial charge on any atom is 0.185 e. The summed E-state index contributed by atoms with van der Waals surface area (Å²) in [6.07, 6.45) is 1.77. The van der Waals surface area contributed by atoms with E-state index in [0.29, 0.717) is 0 Å². The largest absolute Gasteiger partial charge is 0.497 e. The molecule has 4 rings (SSSR count).